The van der Waals surface area contributed by atoms with Crippen LogP contribution in [-0.4, -0.2) is 29.7 Å². The molecule has 0 heterocycles. The van der Waals surface area contributed by atoms with Crippen LogP contribution in [0.2, 0.25) is 0 Å². The lowest BCUT2D eigenvalue weighted by Gasteiger charge is -2.27. The van der Waals surface area contributed by atoms with Gasteiger partial charge in [0.05, 0.1) is 5.92 Å². The minimum absolute atomic E-state index is 0.00829. The highest BCUT2D eigenvalue weighted by atomic mass is 16.4. The average molecular weight is 270 g/mol. The van der Waals surface area contributed by atoms with E-state index in [4.69, 9.17) is 5.11 Å². The molecule has 0 aliphatic heterocycles. The molecule has 3 N–H and O–H groups in total. The molecule has 1 aliphatic carbocycles. The lowest BCUT2D eigenvalue weighted by molar-refractivity contribution is -0.141. The topological polar surface area (TPSA) is 78.4 Å². The zero-order valence-corrected chi connectivity index (χ0v) is 12.3. The largest absolute Gasteiger partial charge is 0.481 e. The third kappa shape index (κ3) is 5.09. The van der Waals surface area contributed by atoms with E-state index >= 15 is 0 Å². The van der Waals surface area contributed by atoms with Crippen LogP contribution in [0.5, 0.6) is 0 Å². The van der Waals surface area contributed by atoms with Gasteiger partial charge in [-0.15, -0.1) is 0 Å². The molecule has 0 spiro atoms. The van der Waals surface area contributed by atoms with Gasteiger partial charge in [-0.2, -0.15) is 0 Å². The minimum atomic E-state index is -0.758. The number of urea groups is 1. The Labute approximate surface area is 115 Å². The Bertz CT molecular complexity index is 336. The Hall–Kier alpha value is -1.26. The number of carboxylic acids is 1. The molecular formula is C14H26N2O3. The molecule has 0 aromatic rings. The summed E-state index contributed by atoms with van der Waals surface area (Å²) in [4.78, 5) is 22.6. The van der Waals surface area contributed by atoms with E-state index < -0.39 is 5.97 Å². The van der Waals surface area contributed by atoms with E-state index in [2.05, 4.69) is 38.3 Å². The summed E-state index contributed by atoms with van der Waals surface area (Å²) in [5.41, 5.74) is 0.162. The first-order valence-corrected chi connectivity index (χ1v) is 6.97. The number of hydrogen-bond donors (Lipinski definition) is 3. The smallest absolute Gasteiger partial charge is 0.315 e. The molecule has 19 heavy (non-hydrogen) atoms. The van der Waals surface area contributed by atoms with Crippen LogP contribution < -0.4 is 10.6 Å². The normalized spacial score (nSPS) is 24.8. The Balaban J connectivity index is 2.27. The summed E-state index contributed by atoms with van der Waals surface area (Å²) in [6.07, 6.45) is 1.94. The summed E-state index contributed by atoms with van der Waals surface area (Å²) in [7, 11) is 0. The van der Waals surface area contributed by atoms with E-state index in [-0.39, 0.29) is 23.4 Å². The van der Waals surface area contributed by atoms with Gasteiger partial charge in [0.15, 0.2) is 0 Å². The fourth-order valence-corrected chi connectivity index (χ4v) is 2.13. The predicted molar refractivity (Wildman–Crippen MR) is 73.9 cm³/mol. The molecule has 1 saturated carbocycles. The molecule has 0 aromatic carbocycles. The van der Waals surface area contributed by atoms with Gasteiger partial charge < -0.3 is 15.7 Å². The quantitative estimate of drug-likeness (QED) is 0.733. The summed E-state index contributed by atoms with van der Waals surface area (Å²) >= 11 is 0. The van der Waals surface area contributed by atoms with Crippen molar-refractivity contribution in [2.45, 2.75) is 53.0 Å². The minimum Gasteiger partial charge on any atom is -0.481 e. The van der Waals surface area contributed by atoms with Crippen molar-refractivity contribution in [1.82, 2.24) is 10.6 Å². The summed E-state index contributed by atoms with van der Waals surface area (Å²) in [5.74, 6) is -0.682. The van der Waals surface area contributed by atoms with E-state index in [1.54, 1.807) is 0 Å². The molecule has 2 amide bonds. The van der Waals surface area contributed by atoms with Crippen molar-refractivity contribution in [2.24, 2.45) is 17.3 Å². The van der Waals surface area contributed by atoms with Gasteiger partial charge in [-0.05, 0) is 30.6 Å². The summed E-state index contributed by atoms with van der Waals surface area (Å²) in [6.45, 7) is 9.17. The third-order valence-electron chi connectivity index (χ3n) is 4.16. The van der Waals surface area contributed by atoms with Gasteiger partial charge >= 0.3 is 12.0 Å². The van der Waals surface area contributed by atoms with E-state index in [0.717, 1.165) is 6.42 Å². The number of carbonyl (C=O) groups is 2. The van der Waals surface area contributed by atoms with Crippen LogP contribution in [0.4, 0.5) is 4.79 Å². The van der Waals surface area contributed by atoms with Gasteiger partial charge in [0.2, 0.25) is 0 Å². The predicted octanol–water partition coefficient (Wildman–Crippen LogP) is 2.22. The van der Waals surface area contributed by atoms with Crippen LogP contribution in [0, 0.1) is 17.3 Å². The number of nitrogens with one attached hydrogen (secondary N) is 2. The molecule has 1 aliphatic rings. The second-order valence-corrected chi connectivity index (χ2v) is 6.67. The zero-order chi connectivity index (χ0) is 14.6. The fraction of sp³-hybridized carbons (Fsp3) is 0.857. The maximum absolute atomic E-state index is 11.7. The molecule has 1 rings (SSSR count). The lowest BCUT2D eigenvalue weighted by Crippen LogP contribution is -2.44. The summed E-state index contributed by atoms with van der Waals surface area (Å²) in [6, 6.07) is -0.196. The molecule has 1 unspecified atom stereocenters. The van der Waals surface area contributed by atoms with Gasteiger partial charge in [-0.3, -0.25) is 4.79 Å². The first-order valence-electron chi connectivity index (χ1n) is 6.97. The van der Waals surface area contributed by atoms with Crippen molar-refractivity contribution in [3.8, 4) is 0 Å². The second kappa shape index (κ2) is 6.26. The average Bonchev–Trinajstić information content (AvgIpc) is 2.73. The molecule has 0 saturated heterocycles. The van der Waals surface area contributed by atoms with Crippen molar-refractivity contribution >= 4 is 12.0 Å². The number of carboxylic acid groups (broad SMARTS) is 1. The van der Waals surface area contributed by atoms with Crippen LogP contribution in [-0.2, 0) is 4.79 Å². The third-order valence-corrected chi connectivity index (χ3v) is 4.16. The van der Waals surface area contributed by atoms with Gasteiger partial charge in [-0.25, -0.2) is 4.79 Å². The number of amides is 2. The van der Waals surface area contributed by atoms with Crippen LogP contribution in [0.1, 0.15) is 47.0 Å². The molecule has 0 radical (unpaired) electrons. The number of aliphatic carboxylic acids is 1. The first kappa shape index (κ1) is 15.8. The molecular weight excluding hydrogens is 244 g/mol. The maximum Gasteiger partial charge on any atom is 0.315 e. The first-order chi connectivity index (χ1) is 8.70. The molecule has 0 aromatic heterocycles. The highest BCUT2D eigenvalue weighted by Crippen LogP contribution is 2.26. The number of rotatable bonds is 4. The monoisotopic (exact) mass is 270 g/mol. The van der Waals surface area contributed by atoms with Crippen LogP contribution >= 0.6 is 0 Å². The molecule has 5 heteroatoms. The van der Waals surface area contributed by atoms with E-state index in [0.29, 0.717) is 25.3 Å². The summed E-state index contributed by atoms with van der Waals surface area (Å²) in [5, 5.41) is 14.6. The van der Waals surface area contributed by atoms with E-state index in [1.807, 2.05) is 0 Å². The molecule has 1 fully saturated rings. The van der Waals surface area contributed by atoms with Crippen LogP contribution in [0.15, 0.2) is 0 Å². The number of hydrogen-bond acceptors (Lipinski definition) is 2. The van der Waals surface area contributed by atoms with Gasteiger partial charge in [-0.1, -0.05) is 27.7 Å². The lowest BCUT2D eigenvalue weighted by atomic mass is 9.82. The van der Waals surface area contributed by atoms with E-state index in [9.17, 15) is 9.59 Å². The fourth-order valence-electron chi connectivity index (χ4n) is 2.13. The Morgan fingerprint density at radius 3 is 2.42 bits per heavy atom. The van der Waals surface area contributed by atoms with Crippen molar-refractivity contribution in [1.29, 1.82) is 0 Å². The van der Waals surface area contributed by atoms with Gasteiger partial charge in [0, 0.05) is 12.6 Å². The standard InChI is InChI=1S/C14H26N2O3/c1-9(14(2,3)4)8-15-13(19)16-11-6-5-10(7-11)12(17)18/h9-11H,5-8H2,1-4H3,(H,17,18)(H2,15,16,19)/t9?,10-,11+/m1/s1. The highest BCUT2D eigenvalue weighted by molar-refractivity contribution is 5.75. The molecule has 0 bridgehead atoms. The van der Waals surface area contributed by atoms with Crippen molar-refractivity contribution in [2.75, 3.05) is 6.54 Å². The molecule has 3 atom stereocenters. The zero-order valence-electron chi connectivity index (χ0n) is 12.3. The van der Waals surface area contributed by atoms with Crippen molar-refractivity contribution in [3.63, 3.8) is 0 Å². The maximum atomic E-state index is 11.7. The highest BCUT2D eigenvalue weighted by Gasteiger charge is 2.30. The molecule has 5 nitrogen and oxygen atoms in total. The molecule has 110 valence electrons. The summed E-state index contributed by atoms with van der Waals surface area (Å²) < 4.78 is 0. The Kier molecular flexibility index (Phi) is 5.20. The van der Waals surface area contributed by atoms with Gasteiger partial charge in [0.1, 0.15) is 0 Å². The van der Waals surface area contributed by atoms with Gasteiger partial charge in [0.25, 0.3) is 0 Å². The Morgan fingerprint density at radius 1 is 1.32 bits per heavy atom. The number of carbonyl (C=O) groups excluding carboxylic acids is 1. The van der Waals surface area contributed by atoms with E-state index in [1.165, 1.54) is 0 Å². The van der Waals surface area contributed by atoms with Crippen molar-refractivity contribution in [3.05, 3.63) is 0 Å². The van der Waals surface area contributed by atoms with Crippen LogP contribution in [0.25, 0.3) is 0 Å². The van der Waals surface area contributed by atoms with Crippen molar-refractivity contribution < 1.29 is 14.7 Å². The second-order valence-electron chi connectivity index (χ2n) is 6.67. The SMILES string of the molecule is CC(CNC(=O)N[C@H]1CC[C@@H](C(=O)O)C1)C(C)(C)C. The Morgan fingerprint density at radius 2 is 1.95 bits per heavy atom. The van der Waals surface area contributed by atoms with Crippen LogP contribution in [0.3, 0.4) is 0 Å².